The van der Waals surface area contributed by atoms with Gasteiger partial charge in [0.2, 0.25) is 5.91 Å². The van der Waals surface area contributed by atoms with Gasteiger partial charge in [0.25, 0.3) is 0 Å². The minimum atomic E-state index is -0.448. The number of nitrogens with zero attached hydrogens (tertiary/aromatic N) is 2. The van der Waals surface area contributed by atoms with Gasteiger partial charge >= 0.3 is 5.97 Å². The third-order valence-corrected chi connectivity index (χ3v) is 6.99. The van der Waals surface area contributed by atoms with Gasteiger partial charge in [0, 0.05) is 12.2 Å². The molecule has 1 atom stereocenters. The Morgan fingerprint density at radius 2 is 1.91 bits per heavy atom. The molecule has 0 bridgehead atoms. The molecule has 0 aromatic heterocycles. The zero-order chi connectivity index (χ0) is 25.1. The Labute approximate surface area is 209 Å². The molecule has 0 spiro atoms. The van der Waals surface area contributed by atoms with E-state index in [9.17, 15) is 14.0 Å². The van der Waals surface area contributed by atoms with Crippen molar-refractivity contribution in [3.05, 3.63) is 92.9 Å². The van der Waals surface area contributed by atoms with Gasteiger partial charge in [0.15, 0.2) is 5.17 Å². The molecule has 1 N–H and O–H groups in total. The normalized spacial score (nSPS) is 17.1. The van der Waals surface area contributed by atoms with Crippen molar-refractivity contribution in [1.82, 2.24) is 10.2 Å². The standard InChI is InChI=1S/C27H28FN3O3S/c1-5-22-24(26(33)34-4)25(21-12-16(2)6-7-17(21)3)31-20(15-35-27(31)30-22)13-23(32)29-14-18-8-10-19(28)11-9-18/h6-12,15,25H,5,13-14H2,1-4H3,(H,29,32). The van der Waals surface area contributed by atoms with Crippen molar-refractivity contribution in [1.29, 1.82) is 0 Å². The maximum absolute atomic E-state index is 13.2. The second-order valence-corrected chi connectivity index (χ2v) is 9.38. The van der Waals surface area contributed by atoms with Gasteiger partial charge in [-0.25, -0.2) is 14.2 Å². The summed E-state index contributed by atoms with van der Waals surface area (Å²) >= 11 is 1.45. The average molecular weight is 494 g/mol. The van der Waals surface area contributed by atoms with Crippen LogP contribution in [-0.2, 0) is 20.9 Å². The number of benzene rings is 2. The summed E-state index contributed by atoms with van der Waals surface area (Å²) in [5.74, 6) is -0.914. The number of halogens is 1. The fourth-order valence-corrected chi connectivity index (χ4v) is 5.23. The number of ether oxygens (including phenoxy) is 1. The van der Waals surface area contributed by atoms with Crippen LogP contribution < -0.4 is 5.32 Å². The van der Waals surface area contributed by atoms with E-state index in [4.69, 9.17) is 9.73 Å². The Kier molecular flexibility index (Phi) is 7.40. The van der Waals surface area contributed by atoms with Crippen LogP contribution in [0.5, 0.6) is 0 Å². The highest BCUT2D eigenvalue weighted by atomic mass is 32.2. The molecule has 4 rings (SSSR count). The van der Waals surface area contributed by atoms with Crippen LogP contribution in [0.3, 0.4) is 0 Å². The fraction of sp³-hybridized carbons (Fsp3) is 0.296. The first-order valence-corrected chi connectivity index (χ1v) is 12.3. The molecule has 1 amide bonds. The van der Waals surface area contributed by atoms with Crippen LogP contribution in [0.2, 0.25) is 0 Å². The molecular weight excluding hydrogens is 465 g/mol. The largest absolute Gasteiger partial charge is 0.466 e. The van der Waals surface area contributed by atoms with E-state index in [0.29, 0.717) is 24.2 Å². The van der Waals surface area contributed by atoms with Gasteiger partial charge in [0.05, 0.1) is 30.8 Å². The van der Waals surface area contributed by atoms with Gasteiger partial charge in [-0.3, -0.25) is 4.79 Å². The molecule has 2 aromatic rings. The van der Waals surface area contributed by atoms with Crippen molar-refractivity contribution in [2.75, 3.05) is 7.11 Å². The number of aliphatic imine (C=N–C) groups is 1. The summed E-state index contributed by atoms with van der Waals surface area (Å²) in [5, 5.41) is 5.56. The van der Waals surface area contributed by atoms with Crippen molar-refractivity contribution < 1.29 is 18.7 Å². The Balaban J connectivity index is 1.65. The first kappa shape index (κ1) is 24.7. The summed E-state index contributed by atoms with van der Waals surface area (Å²) in [5.41, 5.74) is 5.84. The number of carbonyl (C=O) groups excluding carboxylic acids is 2. The molecule has 0 saturated carbocycles. The molecule has 182 valence electrons. The maximum Gasteiger partial charge on any atom is 0.338 e. The van der Waals surface area contributed by atoms with Crippen LogP contribution in [0.25, 0.3) is 0 Å². The molecule has 2 aliphatic rings. The highest BCUT2D eigenvalue weighted by molar-refractivity contribution is 8.16. The Hall–Kier alpha value is -3.39. The molecule has 2 aromatic carbocycles. The van der Waals surface area contributed by atoms with Gasteiger partial charge in [-0.05, 0) is 54.5 Å². The van der Waals surface area contributed by atoms with Crippen LogP contribution in [0.15, 0.2) is 69.8 Å². The number of thioether (sulfide) groups is 1. The van der Waals surface area contributed by atoms with Gasteiger partial charge < -0.3 is 15.0 Å². The second-order valence-electron chi connectivity index (χ2n) is 8.54. The lowest BCUT2D eigenvalue weighted by Crippen LogP contribution is -2.38. The Morgan fingerprint density at radius 1 is 1.17 bits per heavy atom. The number of esters is 1. The Bertz CT molecular complexity index is 1250. The lowest BCUT2D eigenvalue weighted by molar-refractivity contribution is -0.136. The van der Waals surface area contributed by atoms with Crippen LogP contribution >= 0.6 is 11.8 Å². The highest BCUT2D eigenvalue weighted by Crippen LogP contribution is 2.46. The summed E-state index contributed by atoms with van der Waals surface area (Å²) in [7, 11) is 1.38. The molecule has 0 saturated heterocycles. The Morgan fingerprint density at radius 3 is 2.60 bits per heavy atom. The van der Waals surface area contributed by atoms with E-state index in [0.717, 1.165) is 33.1 Å². The molecule has 0 aliphatic carbocycles. The maximum atomic E-state index is 13.2. The smallest absolute Gasteiger partial charge is 0.338 e. The molecule has 35 heavy (non-hydrogen) atoms. The molecule has 2 aliphatic heterocycles. The lowest BCUT2D eigenvalue weighted by atomic mass is 9.89. The minimum absolute atomic E-state index is 0.116. The monoisotopic (exact) mass is 493 g/mol. The summed E-state index contributed by atoms with van der Waals surface area (Å²) in [6.45, 7) is 6.30. The molecule has 8 heteroatoms. The van der Waals surface area contributed by atoms with E-state index in [1.165, 1.54) is 31.0 Å². The molecule has 0 radical (unpaired) electrons. The third kappa shape index (κ3) is 5.17. The zero-order valence-corrected chi connectivity index (χ0v) is 21.0. The number of aryl methyl sites for hydroxylation is 2. The summed E-state index contributed by atoms with van der Waals surface area (Å²) in [4.78, 5) is 32.6. The van der Waals surface area contributed by atoms with E-state index in [1.54, 1.807) is 12.1 Å². The number of methoxy groups -OCH3 is 1. The van der Waals surface area contributed by atoms with E-state index >= 15 is 0 Å². The third-order valence-electron chi connectivity index (χ3n) is 6.10. The minimum Gasteiger partial charge on any atom is -0.466 e. The van der Waals surface area contributed by atoms with E-state index in [-0.39, 0.29) is 18.1 Å². The van der Waals surface area contributed by atoms with Crippen molar-refractivity contribution in [3.63, 3.8) is 0 Å². The predicted molar refractivity (Wildman–Crippen MR) is 136 cm³/mol. The van der Waals surface area contributed by atoms with Crippen LogP contribution in [0, 0.1) is 19.7 Å². The first-order valence-electron chi connectivity index (χ1n) is 11.5. The van der Waals surface area contributed by atoms with E-state index in [1.807, 2.05) is 43.2 Å². The van der Waals surface area contributed by atoms with Crippen molar-refractivity contribution in [3.8, 4) is 0 Å². The lowest BCUT2D eigenvalue weighted by Gasteiger charge is -2.37. The number of hydrogen-bond acceptors (Lipinski definition) is 6. The van der Waals surface area contributed by atoms with E-state index in [2.05, 4.69) is 11.4 Å². The number of nitrogens with one attached hydrogen (secondary N) is 1. The number of fused-ring (bicyclic) bond motifs is 1. The average Bonchev–Trinajstić information content (AvgIpc) is 3.25. The SMILES string of the molecule is CCC1=C(C(=O)OC)C(c2cc(C)ccc2C)N2C(CC(=O)NCc3ccc(F)cc3)=CSC2=N1. The van der Waals surface area contributed by atoms with Gasteiger partial charge in [0.1, 0.15) is 5.82 Å². The number of amides is 1. The number of carbonyl (C=O) groups is 2. The molecule has 2 heterocycles. The van der Waals surface area contributed by atoms with Crippen LogP contribution in [-0.4, -0.2) is 29.1 Å². The first-order chi connectivity index (χ1) is 16.8. The number of rotatable bonds is 7. The topological polar surface area (TPSA) is 71.0 Å². The molecule has 0 fully saturated rings. The highest BCUT2D eigenvalue weighted by Gasteiger charge is 2.42. The van der Waals surface area contributed by atoms with Crippen LogP contribution in [0.4, 0.5) is 4.39 Å². The molecular formula is C27H28FN3O3S. The fourth-order valence-electron chi connectivity index (χ4n) is 4.29. The number of allylic oxidation sites excluding steroid dienone is 1. The van der Waals surface area contributed by atoms with Gasteiger partial charge in [-0.1, -0.05) is 54.6 Å². The van der Waals surface area contributed by atoms with Crippen molar-refractivity contribution >= 4 is 28.8 Å². The number of amidine groups is 1. The quantitative estimate of drug-likeness (QED) is 0.531. The zero-order valence-electron chi connectivity index (χ0n) is 20.2. The van der Waals surface area contributed by atoms with Crippen LogP contribution in [0.1, 0.15) is 48.1 Å². The number of hydrogen-bond donors (Lipinski definition) is 1. The summed E-state index contributed by atoms with van der Waals surface area (Å²) < 4.78 is 18.3. The van der Waals surface area contributed by atoms with Crippen molar-refractivity contribution in [2.45, 2.75) is 46.2 Å². The van der Waals surface area contributed by atoms with E-state index < -0.39 is 12.0 Å². The summed E-state index contributed by atoms with van der Waals surface area (Å²) in [6, 6.07) is 11.7. The van der Waals surface area contributed by atoms with Crippen molar-refractivity contribution in [2.24, 2.45) is 4.99 Å². The summed E-state index contributed by atoms with van der Waals surface area (Å²) in [6.07, 6.45) is 0.696. The predicted octanol–water partition coefficient (Wildman–Crippen LogP) is 5.29. The molecule has 6 nitrogen and oxygen atoms in total. The van der Waals surface area contributed by atoms with Gasteiger partial charge in [-0.15, -0.1) is 0 Å². The van der Waals surface area contributed by atoms with Gasteiger partial charge in [-0.2, -0.15) is 0 Å². The second kappa shape index (κ2) is 10.5. The molecule has 1 unspecified atom stereocenters.